The Labute approximate surface area is 159 Å². The van der Waals surface area contributed by atoms with Crippen LogP contribution in [0.3, 0.4) is 0 Å². The molecule has 0 fully saturated rings. The van der Waals surface area contributed by atoms with E-state index in [4.69, 9.17) is 0 Å². The molecule has 0 saturated heterocycles. The van der Waals surface area contributed by atoms with Crippen molar-refractivity contribution in [1.82, 2.24) is 4.57 Å². The van der Waals surface area contributed by atoms with Crippen molar-refractivity contribution in [2.45, 2.75) is 31.0 Å². The summed E-state index contributed by atoms with van der Waals surface area (Å²) in [6.45, 7) is 5.30. The van der Waals surface area contributed by atoms with Gasteiger partial charge in [-0.1, -0.05) is 66.7 Å². The van der Waals surface area contributed by atoms with Gasteiger partial charge in [0.15, 0.2) is 0 Å². The van der Waals surface area contributed by atoms with E-state index in [0.717, 1.165) is 12.3 Å². The summed E-state index contributed by atoms with van der Waals surface area (Å²) in [6.07, 6.45) is 2.32. The van der Waals surface area contributed by atoms with Crippen molar-refractivity contribution in [3.8, 4) is 0 Å². The molecule has 130 valence electrons. The van der Waals surface area contributed by atoms with Gasteiger partial charge in [0.05, 0.1) is 0 Å². The van der Waals surface area contributed by atoms with Crippen molar-refractivity contribution in [2.24, 2.45) is 0 Å². The lowest BCUT2D eigenvalue weighted by molar-refractivity contribution is 0.824. The molecule has 0 aliphatic carbocycles. The summed E-state index contributed by atoms with van der Waals surface area (Å²) in [4.78, 5) is 1.36. The van der Waals surface area contributed by atoms with Gasteiger partial charge >= 0.3 is 0 Å². The lowest BCUT2D eigenvalue weighted by Gasteiger charge is -2.08. The SMILES string of the molecule is Cc1ccccc1CSc1cn(Cc2ccccc2C)c2ccccc12. The van der Waals surface area contributed by atoms with Gasteiger partial charge in [0.25, 0.3) is 0 Å². The summed E-state index contributed by atoms with van der Waals surface area (Å²) in [5.74, 6) is 1.01. The van der Waals surface area contributed by atoms with Gasteiger partial charge < -0.3 is 4.57 Å². The highest BCUT2D eigenvalue weighted by molar-refractivity contribution is 7.98. The quantitative estimate of drug-likeness (QED) is 0.364. The van der Waals surface area contributed by atoms with E-state index in [2.05, 4.69) is 97.4 Å². The number of hydrogen-bond donors (Lipinski definition) is 0. The third-order valence-electron chi connectivity index (χ3n) is 5.00. The third kappa shape index (κ3) is 3.42. The summed E-state index contributed by atoms with van der Waals surface area (Å²) in [7, 11) is 0. The average molecular weight is 358 g/mol. The van der Waals surface area contributed by atoms with Gasteiger partial charge in [0, 0.05) is 34.3 Å². The lowest BCUT2D eigenvalue weighted by Crippen LogP contribution is -1.99. The van der Waals surface area contributed by atoms with Crippen LogP contribution in [0.4, 0.5) is 0 Å². The van der Waals surface area contributed by atoms with E-state index in [1.807, 2.05) is 11.8 Å². The molecule has 2 heteroatoms. The molecule has 0 amide bonds. The number of thioether (sulfide) groups is 1. The Morgan fingerprint density at radius 2 is 1.35 bits per heavy atom. The van der Waals surface area contributed by atoms with Crippen LogP contribution in [-0.4, -0.2) is 4.57 Å². The van der Waals surface area contributed by atoms with Gasteiger partial charge in [-0.2, -0.15) is 0 Å². The highest BCUT2D eigenvalue weighted by Gasteiger charge is 2.10. The second-order valence-electron chi connectivity index (χ2n) is 6.78. The molecule has 0 atom stereocenters. The van der Waals surface area contributed by atoms with Gasteiger partial charge in [0.1, 0.15) is 0 Å². The summed E-state index contributed by atoms with van der Waals surface area (Å²) in [5.41, 5.74) is 6.81. The Hall–Kier alpha value is -2.45. The van der Waals surface area contributed by atoms with Gasteiger partial charge in [-0.15, -0.1) is 11.8 Å². The predicted octanol–water partition coefficient (Wildman–Crippen LogP) is 6.60. The Morgan fingerprint density at radius 3 is 2.08 bits per heavy atom. The molecule has 0 spiro atoms. The zero-order valence-electron chi connectivity index (χ0n) is 15.3. The number of aryl methyl sites for hydroxylation is 2. The van der Waals surface area contributed by atoms with E-state index in [0.29, 0.717) is 0 Å². The molecule has 4 aromatic rings. The average Bonchev–Trinajstić information content (AvgIpc) is 3.01. The maximum atomic E-state index is 2.39. The molecule has 1 nitrogen and oxygen atoms in total. The highest BCUT2D eigenvalue weighted by atomic mass is 32.2. The first-order valence-corrected chi connectivity index (χ1v) is 10.0. The van der Waals surface area contributed by atoms with E-state index < -0.39 is 0 Å². The molecule has 1 aromatic heterocycles. The molecule has 0 saturated carbocycles. The number of fused-ring (bicyclic) bond motifs is 1. The summed E-state index contributed by atoms with van der Waals surface area (Å²) in [5, 5.41) is 1.35. The maximum Gasteiger partial charge on any atom is 0.0495 e. The third-order valence-corrected chi connectivity index (χ3v) is 6.09. The molecule has 4 rings (SSSR count). The Morgan fingerprint density at radius 1 is 0.731 bits per heavy atom. The van der Waals surface area contributed by atoms with Crippen LogP contribution in [0.25, 0.3) is 10.9 Å². The van der Waals surface area contributed by atoms with Crippen molar-refractivity contribution in [3.63, 3.8) is 0 Å². The van der Waals surface area contributed by atoms with E-state index in [1.165, 1.54) is 38.1 Å². The number of nitrogens with zero attached hydrogens (tertiary/aromatic N) is 1. The highest BCUT2D eigenvalue weighted by Crippen LogP contribution is 2.33. The number of hydrogen-bond acceptors (Lipinski definition) is 1. The first-order chi connectivity index (χ1) is 12.7. The molecular weight excluding hydrogens is 334 g/mol. The zero-order valence-corrected chi connectivity index (χ0v) is 16.1. The first kappa shape index (κ1) is 17.0. The van der Waals surface area contributed by atoms with Gasteiger partial charge in [-0.3, -0.25) is 0 Å². The molecule has 26 heavy (non-hydrogen) atoms. The van der Waals surface area contributed by atoms with Crippen LogP contribution in [0, 0.1) is 13.8 Å². The molecule has 0 aliphatic rings. The normalized spacial score (nSPS) is 11.2. The van der Waals surface area contributed by atoms with Gasteiger partial charge in [0.2, 0.25) is 0 Å². The molecule has 0 unspecified atom stereocenters. The number of aromatic nitrogens is 1. The molecule has 0 radical (unpaired) electrons. The van der Waals surface area contributed by atoms with Crippen LogP contribution in [0.2, 0.25) is 0 Å². The van der Waals surface area contributed by atoms with Crippen molar-refractivity contribution < 1.29 is 0 Å². The minimum absolute atomic E-state index is 0.915. The molecule has 0 bridgehead atoms. The fourth-order valence-electron chi connectivity index (χ4n) is 3.36. The second kappa shape index (κ2) is 7.43. The smallest absolute Gasteiger partial charge is 0.0495 e. The molecular formula is C24H23NS. The maximum absolute atomic E-state index is 2.39. The van der Waals surface area contributed by atoms with Crippen LogP contribution in [0.1, 0.15) is 22.3 Å². The minimum Gasteiger partial charge on any atom is -0.342 e. The largest absolute Gasteiger partial charge is 0.342 e. The van der Waals surface area contributed by atoms with Crippen LogP contribution in [0.5, 0.6) is 0 Å². The van der Waals surface area contributed by atoms with Crippen LogP contribution in [0.15, 0.2) is 83.9 Å². The van der Waals surface area contributed by atoms with E-state index in [1.54, 1.807) is 0 Å². The molecule has 0 N–H and O–H groups in total. The van der Waals surface area contributed by atoms with E-state index in [-0.39, 0.29) is 0 Å². The Balaban J connectivity index is 1.66. The monoisotopic (exact) mass is 357 g/mol. The van der Waals surface area contributed by atoms with E-state index in [9.17, 15) is 0 Å². The zero-order chi connectivity index (χ0) is 17.9. The standard InChI is InChI=1S/C24H23NS/c1-18-9-3-5-11-20(18)15-25-16-24(22-13-7-8-14-23(22)25)26-17-21-12-6-4-10-19(21)2/h3-14,16H,15,17H2,1-2H3. The van der Waals surface area contributed by atoms with Crippen LogP contribution in [-0.2, 0) is 12.3 Å². The Kier molecular flexibility index (Phi) is 4.85. The summed E-state index contributed by atoms with van der Waals surface area (Å²) < 4.78 is 2.39. The minimum atomic E-state index is 0.915. The summed E-state index contributed by atoms with van der Waals surface area (Å²) in [6, 6.07) is 26.0. The summed E-state index contributed by atoms with van der Waals surface area (Å²) >= 11 is 1.93. The second-order valence-corrected chi connectivity index (χ2v) is 7.80. The lowest BCUT2D eigenvalue weighted by atomic mass is 10.1. The van der Waals surface area contributed by atoms with Crippen molar-refractivity contribution in [1.29, 1.82) is 0 Å². The molecule has 1 heterocycles. The first-order valence-electron chi connectivity index (χ1n) is 9.02. The fourth-order valence-corrected chi connectivity index (χ4v) is 4.52. The van der Waals surface area contributed by atoms with Crippen molar-refractivity contribution >= 4 is 22.7 Å². The molecule has 3 aromatic carbocycles. The Bertz CT molecular complexity index is 1040. The number of rotatable bonds is 5. The van der Waals surface area contributed by atoms with Crippen LogP contribution < -0.4 is 0 Å². The predicted molar refractivity (Wildman–Crippen MR) is 113 cm³/mol. The fraction of sp³-hybridized carbons (Fsp3) is 0.167. The van der Waals surface area contributed by atoms with E-state index >= 15 is 0 Å². The van der Waals surface area contributed by atoms with Crippen LogP contribution >= 0.6 is 11.8 Å². The van der Waals surface area contributed by atoms with Gasteiger partial charge in [-0.05, 0) is 42.2 Å². The van der Waals surface area contributed by atoms with Gasteiger partial charge in [-0.25, -0.2) is 0 Å². The van der Waals surface area contributed by atoms with Crippen molar-refractivity contribution in [3.05, 3.63) is 101 Å². The van der Waals surface area contributed by atoms with Crippen molar-refractivity contribution in [2.75, 3.05) is 0 Å². The number of benzene rings is 3. The topological polar surface area (TPSA) is 4.93 Å². The number of para-hydroxylation sites is 1. The molecule has 0 aliphatic heterocycles.